The highest BCUT2D eigenvalue weighted by Gasteiger charge is 2.34. The van der Waals surface area contributed by atoms with Crippen LogP contribution >= 0.6 is 0 Å². The molecule has 2 aliphatic rings. The Morgan fingerprint density at radius 1 is 1.15 bits per heavy atom. The van der Waals surface area contributed by atoms with Gasteiger partial charge in [-0.25, -0.2) is 0 Å². The molecular formula is C21H22N2O4. The maximum atomic E-state index is 13.0. The molecule has 6 nitrogen and oxygen atoms in total. The second kappa shape index (κ2) is 7.31. The molecule has 0 N–H and O–H groups in total. The fourth-order valence-corrected chi connectivity index (χ4v) is 3.63. The maximum Gasteiger partial charge on any atom is 0.271 e. The van der Waals surface area contributed by atoms with E-state index in [2.05, 4.69) is 11.2 Å². The lowest BCUT2D eigenvalue weighted by molar-refractivity contribution is -0.128. The minimum atomic E-state index is -0.598. The fraction of sp³-hybridized carbons (Fsp3) is 0.333. The molecule has 0 aromatic heterocycles. The molecule has 140 valence electrons. The van der Waals surface area contributed by atoms with Crippen molar-refractivity contribution in [2.45, 2.75) is 25.4 Å². The van der Waals surface area contributed by atoms with Gasteiger partial charge in [0.15, 0.2) is 11.5 Å². The zero-order chi connectivity index (χ0) is 18.8. The van der Waals surface area contributed by atoms with E-state index < -0.39 is 6.10 Å². The minimum Gasteiger partial charge on any atom is -0.493 e. The molecule has 2 aromatic carbocycles. The highest BCUT2D eigenvalue weighted by atomic mass is 16.6. The van der Waals surface area contributed by atoms with Gasteiger partial charge in [-0.3, -0.25) is 4.79 Å². The quantitative estimate of drug-likeness (QED) is 0.834. The van der Waals surface area contributed by atoms with Crippen molar-refractivity contribution in [3.05, 3.63) is 53.6 Å². The molecule has 0 saturated heterocycles. The summed E-state index contributed by atoms with van der Waals surface area (Å²) in [6, 6.07) is 13.6. The number of para-hydroxylation sites is 1. The lowest BCUT2D eigenvalue weighted by atomic mass is 9.99. The van der Waals surface area contributed by atoms with Gasteiger partial charge in [0.2, 0.25) is 6.10 Å². The minimum absolute atomic E-state index is 0.0404. The second-order valence-corrected chi connectivity index (χ2v) is 6.63. The number of methoxy groups -OCH3 is 2. The van der Waals surface area contributed by atoms with E-state index >= 15 is 0 Å². The Morgan fingerprint density at radius 2 is 1.96 bits per heavy atom. The predicted molar refractivity (Wildman–Crippen MR) is 103 cm³/mol. The number of carbonyl (C=O) groups excluding carboxylic acids is 1. The lowest BCUT2D eigenvalue weighted by Gasteiger charge is -2.30. The van der Waals surface area contributed by atoms with Crippen LogP contribution in [0.3, 0.4) is 0 Å². The molecule has 6 heteroatoms. The zero-order valence-corrected chi connectivity index (χ0v) is 15.5. The first-order valence-electron chi connectivity index (χ1n) is 9.05. The summed E-state index contributed by atoms with van der Waals surface area (Å²) in [5, 5.41) is 4.16. The predicted octanol–water partition coefficient (Wildman–Crippen LogP) is 3.18. The Balaban J connectivity index is 1.51. The standard InChI is InChI=1S/C21H22N2O4/c1-25-18-10-9-15(12-19(18)26-2)16-13-20(27-22-16)21(24)23-11-5-7-14-6-3-4-8-17(14)23/h3-4,6,8-10,12,20H,5,7,11,13H2,1-2H3. The molecule has 0 saturated carbocycles. The van der Waals surface area contributed by atoms with Gasteiger partial charge in [0.25, 0.3) is 5.91 Å². The van der Waals surface area contributed by atoms with Crippen LogP contribution in [0.15, 0.2) is 47.6 Å². The van der Waals surface area contributed by atoms with E-state index in [-0.39, 0.29) is 5.91 Å². The summed E-state index contributed by atoms with van der Waals surface area (Å²) < 4.78 is 10.6. The molecule has 0 aliphatic carbocycles. The number of carbonyl (C=O) groups is 1. The molecule has 1 amide bonds. The number of benzene rings is 2. The Labute approximate surface area is 158 Å². The SMILES string of the molecule is COc1ccc(C2=NOC(C(=O)N3CCCc4ccccc43)C2)cc1OC. The molecule has 0 spiro atoms. The molecule has 2 aromatic rings. The van der Waals surface area contributed by atoms with Crippen molar-refractivity contribution in [3.8, 4) is 11.5 Å². The zero-order valence-electron chi connectivity index (χ0n) is 15.5. The molecule has 0 fully saturated rings. The highest BCUT2D eigenvalue weighted by Crippen LogP contribution is 2.31. The van der Waals surface area contributed by atoms with Gasteiger partial charge in [-0.2, -0.15) is 0 Å². The molecule has 4 rings (SSSR count). The fourth-order valence-electron chi connectivity index (χ4n) is 3.63. The first kappa shape index (κ1) is 17.4. The van der Waals surface area contributed by atoms with Crippen LogP contribution in [0, 0.1) is 0 Å². The molecule has 1 atom stereocenters. The van der Waals surface area contributed by atoms with Gasteiger partial charge in [0, 0.05) is 24.2 Å². The summed E-state index contributed by atoms with van der Waals surface area (Å²) in [6.45, 7) is 0.710. The monoisotopic (exact) mass is 366 g/mol. The summed E-state index contributed by atoms with van der Waals surface area (Å²) in [7, 11) is 3.19. The van der Waals surface area contributed by atoms with E-state index in [0.29, 0.717) is 24.5 Å². The van der Waals surface area contributed by atoms with E-state index in [9.17, 15) is 4.79 Å². The molecule has 2 aliphatic heterocycles. The van der Waals surface area contributed by atoms with Crippen LogP contribution in [0.5, 0.6) is 11.5 Å². The van der Waals surface area contributed by atoms with Crippen LogP contribution in [-0.2, 0) is 16.1 Å². The van der Waals surface area contributed by atoms with Crippen LogP contribution in [-0.4, -0.2) is 38.5 Å². The third kappa shape index (κ3) is 3.23. The number of fused-ring (bicyclic) bond motifs is 1. The smallest absolute Gasteiger partial charge is 0.271 e. The number of oxime groups is 1. The van der Waals surface area contributed by atoms with Crippen molar-refractivity contribution in [2.75, 3.05) is 25.7 Å². The number of rotatable bonds is 4. The number of aryl methyl sites for hydroxylation is 1. The van der Waals surface area contributed by atoms with Gasteiger partial charge in [0.05, 0.1) is 19.9 Å². The maximum absolute atomic E-state index is 13.0. The number of amides is 1. The molecule has 0 bridgehead atoms. The van der Waals surface area contributed by atoms with Crippen LogP contribution < -0.4 is 14.4 Å². The topological polar surface area (TPSA) is 60.4 Å². The van der Waals surface area contributed by atoms with Crippen molar-refractivity contribution in [2.24, 2.45) is 5.16 Å². The first-order chi connectivity index (χ1) is 13.2. The Hall–Kier alpha value is -3.02. The molecule has 0 radical (unpaired) electrons. The molecule has 2 heterocycles. The average Bonchev–Trinajstić information content (AvgIpc) is 3.22. The number of hydrogen-bond acceptors (Lipinski definition) is 5. The number of anilines is 1. The van der Waals surface area contributed by atoms with E-state index in [1.165, 1.54) is 5.56 Å². The lowest BCUT2D eigenvalue weighted by Crippen LogP contribution is -2.42. The van der Waals surface area contributed by atoms with Gasteiger partial charge in [-0.15, -0.1) is 0 Å². The Morgan fingerprint density at radius 3 is 2.78 bits per heavy atom. The second-order valence-electron chi connectivity index (χ2n) is 6.63. The van der Waals surface area contributed by atoms with Crippen LogP contribution in [0.25, 0.3) is 0 Å². The van der Waals surface area contributed by atoms with Gasteiger partial charge in [-0.05, 0) is 42.7 Å². The number of nitrogens with zero attached hydrogens (tertiary/aromatic N) is 2. The van der Waals surface area contributed by atoms with Crippen molar-refractivity contribution >= 4 is 17.3 Å². The third-order valence-corrected chi connectivity index (χ3v) is 5.04. The van der Waals surface area contributed by atoms with Crippen LogP contribution in [0.2, 0.25) is 0 Å². The number of hydrogen-bond donors (Lipinski definition) is 0. The van der Waals surface area contributed by atoms with Crippen LogP contribution in [0.1, 0.15) is 24.0 Å². The largest absolute Gasteiger partial charge is 0.493 e. The van der Waals surface area contributed by atoms with Crippen molar-refractivity contribution < 1.29 is 19.1 Å². The molecule has 27 heavy (non-hydrogen) atoms. The van der Waals surface area contributed by atoms with Gasteiger partial charge in [-0.1, -0.05) is 23.4 Å². The first-order valence-corrected chi connectivity index (χ1v) is 9.05. The summed E-state index contributed by atoms with van der Waals surface area (Å²) in [6.07, 6.45) is 1.80. The normalized spacial score (nSPS) is 18.4. The molecular weight excluding hydrogens is 344 g/mol. The summed E-state index contributed by atoms with van der Waals surface area (Å²) in [4.78, 5) is 20.4. The van der Waals surface area contributed by atoms with Crippen LogP contribution in [0.4, 0.5) is 5.69 Å². The summed E-state index contributed by atoms with van der Waals surface area (Å²) >= 11 is 0. The van der Waals surface area contributed by atoms with E-state index in [1.807, 2.05) is 41.3 Å². The van der Waals surface area contributed by atoms with E-state index in [1.54, 1.807) is 14.2 Å². The van der Waals surface area contributed by atoms with Gasteiger partial charge in [0.1, 0.15) is 0 Å². The highest BCUT2D eigenvalue weighted by molar-refractivity contribution is 6.07. The van der Waals surface area contributed by atoms with E-state index in [4.69, 9.17) is 14.3 Å². The van der Waals surface area contributed by atoms with Crippen molar-refractivity contribution in [1.82, 2.24) is 0 Å². The van der Waals surface area contributed by atoms with E-state index in [0.717, 1.165) is 29.8 Å². The average molecular weight is 366 g/mol. The van der Waals surface area contributed by atoms with Crippen molar-refractivity contribution in [1.29, 1.82) is 0 Å². The van der Waals surface area contributed by atoms with Gasteiger partial charge >= 0.3 is 0 Å². The third-order valence-electron chi connectivity index (χ3n) is 5.04. The van der Waals surface area contributed by atoms with Crippen molar-refractivity contribution in [3.63, 3.8) is 0 Å². The number of ether oxygens (including phenoxy) is 2. The summed E-state index contributed by atoms with van der Waals surface area (Å²) in [5.41, 5.74) is 3.79. The Bertz CT molecular complexity index is 894. The summed E-state index contributed by atoms with van der Waals surface area (Å²) in [5.74, 6) is 1.23. The van der Waals surface area contributed by atoms with Gasteiger partial charge < -0.3 is 19.2 Å². The molecule has 1 unspecified atom stereocenters. The Kier molecular flexibility index (Phi) is 4.71.